The Morgan fingerprint density at radius 1 is 1.12 bits per heavy atom. The molecule has 0 saturated carbocycles. The average molecular weight is 470 g/mol. The van der Waals surface area contributed by atoms with Gasteiger partial charge in [-0.1, -0.05) is 44.2 Å². The molecule has 3 aromatic rings. The molecular weight excluding hydrogens is 442 g/mol. The molecular formula is C24H27N3O3S2. The van der Waals surface area contributed by atoms with Gasteiger partial charge in [0.2, 0.25) is 10.0 Å². The molecule has 6 nitrogen and oxygen atoms in total. The fraction of sp³-hybridized carbons (Fsp3) is 0.333. The van der Waals surface area contributed by atoms with E-state index in [1.165, 1.54) is 15.6 Å². The minimum absolute atomic E-state index is 0.138. The van der Waals surface area contributed by atoms with Gasteiger partial charge in [-0.05, 0) is 42.2 Å². The molecule has 0 saturated heterocycles. The zero-order valence-electron chi connectivity index (χ0n) is 18.3. The summed E-state index contributed by atoms with van der Waals surface area (Å²) in [5.41, 5.74) is 3.26. The average Bonchev–Trinajstić information content (AvgIpc) is 3.27. The number of benzene rings is 2. The second kappa shape index (κ2) is 9.52. The summed E-state index contributed by atoms with van der Waals surface area (Å²) in [6.45, 7) is 5.12. The van der Waals surface area contributed by atoms with Crippen molar-refractivity contribution in [2.24, 2.45) is 0 Å². The van der Waals surface area contributed by atoms with Gasteiger partial charge in [0.05, 0.1) is 9.90 Å². The molecule has 8 heteroatoms. The Hall–Kier alpha value is -2.55. The molecule has 0 bridgehead atoms. The highest BCUT2D eigenvalue weighted by Crippen LogP contribution is 2.31. The summed E-state index contributed by atoms with van der Waals surface area (Å²) in [6, 6.07) is 15.2. The minimum Gasteiger partial charge on any atom is -0.307 e. The van der Waals surface area contributed by atoms with Crippen LogP contribution in [0.3, 0.4) is 0 Å². The second-order valence-corrected chi connectivity index (χ2v) is 10.6. The molecule has 1 aliphatic heterocycles. The molecule has 4 rings (SSSR count). The maximum Gasteiger partial charge on any atom is 0.277 e. The predicted octanol–water partition coefficient (Wildman–Crippen LogP) is 4.36. The molecule has 168 valence electrons. The number of aromatic nitrogens is 1. The van der Waals surface area contributed by atoms with Crippen molar-refractivity contribution in [1.29, 1.82) is 0 Å². The normalized spacial score (nSPS) is 13.9. The number of amides is 1. The number of sulfonamides is 1. The molecule has 1 aliphatic rings. The van der Waals surface area contributed by atoms with Crippen molar-refractivity contribution < 1.29 is 13.2 Å². The van der Waals surface area contributed by atoms with E-state index in [-0.39, 0.29) is 10.8 Å². The highest BCUT2D eigenvalue weighted by atomic mass is 32.2. The number of anilines is 1. The van der Waals surface area contributed by atoms with Crippen molar-refractivity contribution in [3.8, 4) is 0 Å². The largest absolute Gasteiger partial charge is 0.307 e. The van der Waals surface area contributed by atoms with E-state index in [1.807, 2.05) is 49.6 Å². The number of carbonyl (C=O) groups excluding carboxylic acids is 1. The molecule has 2 aromatic carbocycles. The molecule has 2 heterocycles. The summed E-state index contributed by atoms with van der Waals surface area (Å²) in [6.07, 6.45) is 2.23. The van der Waals surface area contributed by atoms with Crippen LogP contribution in [0.25, 0.3) is 0 Å². The van der Waals surface area contributed by atoms with Crippen LogP contribution in [0.15, 0.2) is 58.8 Å². The summed E-state index contributed by atoms with van der Waals surface area (Å²) in [7, 11) is -3.53. The Labute approximate surface area is 193 Å². The summed E-state index contributed by atoms with van der Waals surface area (Å²) >= 11 is 1.49. The summed E-state index contributed by atoms with van der Waals surface area (Å²) in [4.78, 5) is 19.9. The van der Waals surface area contributed by atoms with E-state index in [0.29, 0.717) is 31.7 Å². The van der Waals surface area contributed by atoms with Crippen molar-refractivity contribution >= 4 is 33.0 Å². The lowest BCUT2D eigenvalue weighted by molar-refractivity contribution is 0.0981. The third-order valence-corrected chi connectivity index (χ3v) is 8.62. The zero-order chi connectivity index (χ0) is 22.7. The van der Waals surface area contributed by atoms with Gasteiger partial charge in [-0.2, -0.15) is 4.31 Å². The van der Waals surface area contributed by atoms with Crippen molar-refractivity contribution in [2.75, 3.05) is 24.5 Å². The Bertz CT molecular complexity index is 1200. The van der Waals surface area contributed by atoms with Gasteiger partial charge in [0.1, 0.15) is 5.69 Å². The van der Waals surface area contributed by atoms with Crippen LogP contribution in [0.2, 0.25) is 0 Å². The number of hydrogen-bond acceptors (Lipinski definition) is 5. The highest BCUT2D eigenvalue weighted by Gasteiger charge is 2.28. The van der Waals surface area contributed by atoms with Gasteiger partial charge in [0.15, 0.2) is 0 Å². The predicted molar refractivity (Wildman–Crippen MR) is 128 cm³/mol. The molecule has 0 radical (unpaired) electrons. The molecule has 0 fully saturated rings. The third-order valence-electron chi connectivity index (χ3n) is 5.73. The topological polar surface area (TPSA) is 70.6 Å². The van der Waals surface area contributed by atoms with Crippen molar-refractivity contribution in [3.05, 3.63) is 75.7 Å². The SMILES string of the molecule is CCN(CC)S(=O)(=O)c1ccc2c(c1)CCCN2C(=O)c1csc(Cc2ccccc2)n1. The fourth-order valence-electron chi connectivity index (χ4n) is 4.06. The number of rotatable bonds is 7. The number of fused-ring (bicyclic) bond motifs is 1. The molecule has 0 N–H and O–H groups in total. The first kappa shape index (κ1) is 22.6. The van der Waals surface area contributed by atoms with Crippen molar-refractivity contribution in [1.82, 2.24) is 9.29 Å². The van der Waals surface area contributed by atoms with Gasteiger partial charge in [-0.15, -0.1) is 11.3 Å². The van der Waals surface area contributed by atoms with Crippen molar-refractivity contribution in [3.63, 3.8) is 0 Å². The van der Waals surface area contributed by atoms with Gasteiger partial charge in [-0.25, -0.2) is 13.4 Å². The van der Waals surface area contributed by atoms with Crippen LogP contribution in [-0.2, 0) is 22.9 Å². The van der Waals surface area contributed by atoms with E-state index in [4.69, 9.17) is 0 Å². The molecule has 0 spiro atoms. The number of thiazole rings is 1. The lowest BCUT2D eigenvalue weighted by Crippen LogP contribution is -2.36. The van der Waals surface area contributed by atoms with Gasteiger partial charge in [0.25, 0.3) is 5.91 Å². The van der Waals surface area contributed by atoms with Gasteiger partial charge in [-0.3, -0.25) is 4.79 Å². The van der Waals surface area contributed by atoms with Crippen LogP contribution in [0.4, 0.5) is 5.69 Å². The maximum absolute atomic E-state index is 13.3. The lowest BCUT2D eigenvalue weighted by Gasteiger charge is -2.29. The Morgan fingerprint density at radius 3 is 2.59 bits per heavy atom. The zero-order valence-corrected chi connectivity index (χ0v) is 20.0. The first-order chi connectivity index (χ1) is 15.4. The Balaban J connectivity index is 1.57. The fourth-order valence-corrected chi connectivity index (χ4v) is 6.37. The summed E-state index contributed by atoms with van der Waals surface area (Å²) in [5.74, 6) is -0.138. The smallest absolute Gasteiger partial charge is 0.277 e. The monoisotopic (exact) mass is 469 g/mol. The highest BCUT2D eigenvalue weighted by molar-refractivity contribution is 7.89. The van der Waals surface area contributed by atoms with Crippen LogP contribution in [0.1, 0.15) is 46.9 Å². The van der Waals surface area contributed by atoms with Crippen LogP contribution >= 0.6 is 11.3 Å². The summed E-state index contributed by atoms with van der Waals surface area (Å²) in [5, 5.41) is 2.71. The maximum atomic E-state index is 13.3. The summed E-state index contributed by atoms with van der Waals surface area (Å²) < 4.78 is 27.3. The standard InChI is InChI=1S/C24H27N3O3S2/c1-3-26(4-2)32(29,30)20-12-13-22-19(16-20)11-8-14-27(22)24(28)21-17-31-23(25-21)15-18-9-6-5-7-10-18/h5-7,9-10,12-13,16-17H,3-4,8,11,14-15H2,1-2H3. The van der Waals surface area contributed by atoms with E-state index in [2.05, 4.69) is 4.98 Å². The van der Waals surface area contributed by atoms with Crippen LogP contribution in [0, 0.1) is 0 Å². The van der Waals surface area contributed by atoms with E-state index >= 15 is 0 Å². The van der Waals surface area contributed by atoms with Crippen molar-refractivity contribution in [2.45, 2.75) is 38.0 Å². The van der Waals surface area contributed by atoms with E-state index in [0.717, 1.165) is 34.7 Å². The van der Waals surface area contributed by atoms with Crippen LogP contribution in [-0.4, -0.2) is 43.2 Å². The second-order valence-electron chi connectivity index (χ2n) is 7.73. The van der Waals surface area contributed by atoms with E-state index in [9.17, 15) is 13.2 Å². The number of hydrogen-bond donors (Lipinski definition) is 0. The van der Waals surface area contributed by atoms with E-state index in [1.54, 1.807) is 23.1 Å². The minimum atomic E-state index is -3.53. The Morgan fingerprint density at radius 2 is 1.88 bits per heavy atom. The van der Waals surface area contributed by atoms with Gasteiger partial charge < -0.3 is 4.90 Å². The third kappa shape index (κ3) is 4.48. The first-order valence-corrected chi connectivity index (χ1v) is 13.2. The Kier molecular flexibility index (Phi) is 6.74. The molecule has 0 atom stereocenters. The number of carbonyl (C=O) groups is 1. The molecule has 0 aliphatic carbocycles. The lowest BCUT2D eigenvalue weighted by atomic mass is 10.0. The van der Waals surface area contributed by atoms with Crippen LogP contribution in [0.5, 0.6) is 0 Å². The molecule has 32 heavy (non-hydrogen) atoms. The quantitative estimate of drug-likeness (QED) is 0.516. The molecule has 1 amide bonds. The molecule has 1 aromatic heterocycles. The number of aryl methyl sites for hydroxylation is 1. The van der Waals surface area contributed by atoms with Crippen LogP contribution < -0.4 is 4.90 Å². The molecule has 0 unspecified atom stereocenters. The van der Waals surface area contributed by atoms with E-state index < -0.39 is 10.0 Å². The van der Waals surface area contributed by atoms with Gasteiger partial charge in [0, 0.05) is 37.1 Å². The number of nitrogens with zero attached hydrogens (tertiary/aromatic N) is 3. The van der Waals surface area contributed by atoms with Gasteiger partial charge >= 0.3 is 0 Å². The first-order valence-electron chi connectivity index (χ1n) is 10.9.